The van der Waals surface area contributed by atoms with E-state index in [1.807, 2.05) is 0 Å². The molecule has 20 heavy (non-hydrogen) atoms. The summed E-state index contributed by atoms with van der Waals surface area (Å²) < 4.78 is 18.1. The van der Waals surface area contributed by atoms with Gasteiger partial charge < -0.3 is 9.64 Å². The van der Waals surface area contributed by atoms with Gasteiger partial charge in [0.2, 0.25) is 5.91 Å². The molecular weight excluding hydrogens is 261 g/mol. The summed E-state index contributed by atoms with van der Waals surface area (Å²) in [7, 11) is 0. The van der Waals surface area contributed by atoms with Crippen LogP contribution in [0.2, 0.25) is 0 Å². The molecule has 0 N–H and O–H groups in total. The van der Waals surface area contributed by atoms with Crippen LogP contribution in [0.3, 0.4) is 0 Å². The summed E-state index contributed by atoms with van der Waals surface area (Å²) in [4.78, 5) is 24.6. The summed E-state index contributed by atoms with van der Waals surface area (Å²) in [5.41, 5.74) is 1.52. The van der Waals surface area contributed by atoms with E-state index >= 15 is 0 Å². The molecule has 1 heterocycles. The van der Waals surface area contributed by atoms with Crippen LogP contribution in [0.4, 0.5) is 10.1 Å². The monoisotopic (exact) mass is 277 g/mol. The molecule has 0 bridgehead atoms. The average molecular weight is 277 g/mol. The minimum atomic E-state index is -0.448. The smallest absolute Gasteiger partial charge is 0.330 e. The van der Waals surface area contributed by atoms with Crippen LogP contribution in [-0.2, 0) is 20.7 Å². The minimum Gasteiger partial charge on any atom is -0.463 e. The van der Waals surface area contributed by atoms with Crippen molar-refractivity contribution >= 4 is 17.6 Å². The molecule has 106 valence electrons. The standard InChI is InChI=1S/C15H16FNO3/c1-2-20-15(19)4-3-9-17-13-10-12(16)7-5-11(13)6-8-14(17)18/h3-5,7,10H,2,6,8-9H2,1H3/b4-3+. The van der Waals surface area contributed by atoms with Gasteiger partial charge in [0.15, 0.2) is 0 Å². The molecule has 0 aliphatic carbocycles. The highest BCUT2D eigenvalue weighted by Gasteiger charge is 2.23. The first kappa shape index (κ1) is 14.2. The molecule has 0 spiro atoms. The molecule has 1 aromatic rings. The van der Waals surface area contributed by atoms with Crippen LogP contribution in [0.1, 0.15) is 18.9 Å². The molecule has 1 aliphatic rings. The number of esters is 1. The average Bonchev–Trinajstić information content (AvgIpc) is 2.41. The molecule has 4 nitrogen and oxygen atoms in total. The van der Waals surface area contributed by atoms with E-state index in [1.165, 1.54) is 23.1 Å². The van der Waals surface area contributed by atoms with Crippen LogP contribution in [0.15, 0.2) is 30.4 Å². The molecule has 0 saturated carbocycles. The van der Waals surface area contributed by atoms with E-state index in [2.05, 4.69) is 0 Å². The SMILES string of the molecule is CCOC(=O)/C=C/CN1C(=O)CCc2ccc(F)cc21. The van der Waals surface area contributed by atoms with Crippen LogP contribution in [-0.4, -0.2) is 25.0 Å². The van der Waals surface area contributed by atoms with Gasteiger partial charge in [-0.05, 0) is 31.0 Å². The second-order valence-electron chi connectivity index (χ2n) is 4.43. The van der Waals surface area contributed by atoms with E-state index in [4.69, 9.17) is 4.74 Å². The van der Waals surface area contributed by atoms with E-state index in [0.29, 0.717) is 25.1 Å². The van der Waals surface area contributed by atoms with Crippen molar-refractivity contribution < 1.29 is 18.7 Å². The quantitative estimate of drug-likeness (QED) is 0.626. The van der Waals surface area contributed by atoms with Gasteiger partial charge in [-0.2, -0.15) is 0 Å². The highest BCUT2D eigenvalue weighted by molar-refractivity contribution is 5.96. The number of nitrogens with zero attached hydrogens (tertiary/aromatic N) is 1. The number of carbonyl (C=O) groups is 2. The van der Waals surface area contributed by atoms with Gasteiger partial charge in [-0.1, -0.05) is 12.1 Å². The Morgan fingerprint density at radius 3 is 3.00 bits per heavy atom. The Morgan fingerprint density at radius 2 is 2.25 bits per heavy atom. The Kier molecular flexibility index (Phi) is 4.50. The number of carbonyl (C=O) groups excluding carboxylic acids is 2. The maximum absolute atomic E-state index is 13.3. The number of halogens is 1. The van der Waals surface area contributed by atoms with Gasteiger partial charge >= 0.3 is 5.97 Å². The van der Waals surface area contributed by atoms with Crippen molar-refractivity contribution in [1.29, 1.82) is 0 Å². The van der Waals surface area contributed by atoms with Crippen molar-refractivity contribution in [2.75, 3.05) is 18.1 Å². The first-order chi connectivity index (χ1) is 9.61. The molecule has 0 saturated heterocycles. The zero-order valence-corrected chi connectivity index (χ0v) is 11.3. The molecule has 0 atom stereocenters. The van der Waals surface area contributed by atoms with Gasteiger partial charge in [0, 0.05) is 19.0 Å². The third-order valence-corrected chi connectivity index (χ3v) is 3.08. The lowest BCUT2D eigenvalue weighted by Gasteiger charge is -2.28. The fourth-order valence-corrected chi connectivity index (χ4v) is 2.16. The molecule has 0 radical (unpaired) electrons. The second kappa shape index (κ2) is 6.32. The van der Waals surface area contributed by atoms with E-state index in [0.717, 1.165) is 5.56 Å². The van der Waals surface area contributed by atoms with Crippen LogP contribution < -0.4 is 4.90 Å². The number of hydrogen-bond acceptors (Lipinski definition) is 3. The topological polar surface area (TPSA) is 46.6 Å². The zero-order chi connectivity index (χ0) is 14.5. The fraction of sp³-hybridized carbons (Fsp3) is 0.333. The van der Waals surface area contributed by atoms with E-state index < -0.39 is 5.97 Å². The predicted molar refractivity (Wildman–Crippen MR) is 72.8 cm³/mol. The summed E-state index contributed by atoms with van der Waals surface area (Å²) in [6.07, 6.45) is 3.85. The third kappa shape index (κ3) is 3.23. The minimum absolute atomic E-state index is 0.0726. The Bertz CT molecular complexity index is 554. The van der Waals surface area contributed by atoms with E-state index in [9.17, 15) is 14.0 Å². The molecule has 5 heteroatoms. The number of ether oxygens (including phenoxy) is 1. The summed E-state index contributed by atoms with van der Waals surface area (Å²) in [6.45, 7) is 2.26. The van der Waals surface area contributed by atoms with Crippen molar-refractivity contribution in [2.24, 2.45) is 0 Å². The van der Waals surface area contributed by atoms with Crippen molar-refractivity contribution in [2.45, 2.75) is 19.8 Å². The van der Waals surface area contributed by atoms with Gasteiger partial charge in [-0.25, -0.2) is 9.18 Å². The molecule has 0 fully saturated rings. The Morgan fingerprint density at radius 1 is 1.45 bits per heavy atom. The first-order valence-corrected chi connectivity index (χ1v) is 6.54. The highest BCUT2D eigenvalue weighted by atomic mass is 19.1. The number of anilines is 1. The van der Waals surface area contributed by atoms with Crippen molar-refractivity contribution in [3.8, 4) is 0 Å². The summed E-state index contributed by atoms with van der Waals surface area (Å²) in [6, 6.07) is 4.44. The van der Waals surface area contributed by atoms with Gasteiger partial charge in [0.1, 0.15) is 5.82 Å². The van der Waals surface area contributed by atoms with Crippen molar-refractivity contribution in [1.82, 2.24) is 0 Å². The first-order valence-electron chi connectivity index (χ1n) is 6.54. The highest BCUT2D eigenvalue weighted by Crippen LogP contribution is 2.28. The lowest BCUT2D eigenvalue weighted by molar-refractivity contribution is -0.137. The number of benzene rings is 1. The van der Waals surface area contributed by atoms with Gasteiger partial charge in [-0.3, -0.25) is 4.79 Å². The van der Waals surface area contributed by atoms with Gasteiger partial charge in [0.05, 0.1) is 12.3 Å². The Hall–Kier alpha value is -2.17. The molecule has 0 unspecified atom stereocenters. The van der Waals surface area contributed by atoms with E-state index in [-0.39, 0.29) is 18.3 Å². The van der Waals surface area contributed by atoms with E-state index in [1.54, 1.807) is 19.1 Å². The molecule has 2 rings (SSSR count). The zero-order valence-electron chi connectivity index (χ0n) is 11.3. The Labute approximate surface area is 116 Å². The van der Waals surface area contributed by atoms with Crippen molar-refractivity contribution in [3.63, 3.8) is 0 Å². The summed E-state index contributed by atoms with van der Waals surface area (Å²) in [5.74, 6) is -0.897. The van der Waals surface area contributed by atoms with Gasteiger partial charge in [-0.15, -0.1) is 0 Å². The van der Waals surface area contributed by atoms with Crippen LogP contribution in [0.5, 0.6) is 0 Å². The maximum Gasteiger partial charge on any atom is 0.330 e. The number of hydrogen-bond donors (Lipinski definition) is 0. The van der Waals surface area contributed by atoms with Crippen LogP contribution in [0.25, 0.3) is 0 Å². The lowest BCUT2D eigenvalue weighted by Crippen LogP contribution is -2.35. The third-order valence-electron chi connectivity index (χ3n) is 3.08. The number of rotatable bonds is 4. The molecule has 1 aromatic carbocycles. The van der Waals surface area contributed by atoms with Crippen LogP contribution >= 0.6 is 0 Å². The van der Waals surface area contributed by atoms with Crippen molar-refractivity contribution in [3.05, 3.63) is 41.7 Å². The molecule has 0 aromatic heterocycles. The predicted octanol–water partition coefficient (Wildman–Crippen LogP) is 2.22. The second-order valence-corrected chi connectivity index (χ2v) is 4.43. The largest absolute Gasteiger partial charge is 0.463 e. The maximum atomic E-state index is 13.3. The van der Waals surface area contributed by atoms with Crippen LogP contribution in [0, 0.1) is 5.82 Å². The normalized spacial score (nSPS) is 14.5. The number of fused-ring (bicyclic) bond motifs is 1. The fourth-order valence-electron chi connectivity index (χ4n) is 2.16. The number of amides is 1. The lowest BCUT2D eigenvalue weighted by atomic mass is 10.0. The summed E-state index contributed by atoms with van der Waals surface area (Å²) in [5, 5.41) is 0. The van der Waals surface area contributed by atoms with Gasteiger partial charge in [0.25, 0.3) is 0 Å². The number of aryl methyl sites for hydroxylation is 1. The molecule has 1 aliphatic heterocycles. The molecule has 1 amide bonds. The summed E-state index contributed by atoms with van der Waals surface area (Å²) >= 11 is 0. The Balaban J connectivity index is 2.13. The molecular formula is C15H16FNO3.